The number of aryl methyl sites for hydroxylation is 1. The third-order valence-corrected chi connectivity index (χ3v) is 3.65. The lowest BCUT2D eigenvalue weighted by Gasteiger charge is -2.20. The van der Waals surface area contributed by atoms with E-state index >= 15 is 0 Å². The van der Waals surface area contributed by atoms with Gasteiger partial charge in [0.05, 0.1) is 12.7 Å². The van der Waals surface area contributed by atoms with Crippen molar-refractivity contribution in [3.63, 3.8) is 0 Å². The highest BCUT2D eigenvalue weighted by atomic mass is 16.5. The van der Waals surface area contributed by atoms with Crippen LogP contribution < -0.4 is 4.74 Å². The van der Waals surface area contributed by atoms with E-state index in [2.05, 4.69) is 32.9 Å². The Labute approximate surface area is 104 Å². The third kappa shape index (κ3) is 2.47. The zero-order valence-corrected chi connectivity index (χ0v) is 11.2. The maximum absolute atomic E-state index is 10.1. The number of hydrogen-bond acceptors (Lipinski definition) is 2. The van der Waals surface area contributed by atoms with E-state index in [1.165, 1.54) is 11.1 Å². The molecule has 2 heteroatoms. The molecule has 0 amide bonds. The van der Waals surface area contributed by atoms with Crippen molar-refractivity contribution in [2.45, 2.75) is 51.6 Å². The van der Waals surface area contributed by atoms with E-state index in [-0.39, 0.29) is 0 Å². The average molecular weight is 234 g/mol. The second kappa shape index (κ2) is 4.34. The summed E-state index contributed by atoms with van der Waals surface area (Å²) in [6.45, 7) is 6.43. The van der Waals surface area contributed by atoms with Crippen LogP contribution in [0.2, 0.25) is 0 Å². The molecule has 0 radical (unpaired) electrons. The van der Waals surface area contributed by atoms with Gasteiger partial charge in [0, 0.05) is 12.0 Å². The number of methoxy groups -OCH3 is 1. The topological polar surface area (TPSA) is 29.5 Å². The fourth-order valence-electron chi connectivity index (χ4n) is 2.42. The van der Waals surface area contributed by atoms with E-state index in [0.717, 1.165) is 30.6 Å². The molecule has 0 saturated heterocycles. The van der Waals surface area contributed by atoms with Gasteiger partial charge >= 0.3 is 0 Å². The van der Waals surface area contributed by atoms with Crippen LogP contribution in [0.5, 0.6) is 5.75 Å². The fourth-order valence-corrected chi connectivity index (χ4v) is 2.42. The van der Waals surface area contributed by atoms with Crippen molar-refractivity contribution < 1.29 is 9.84 Å². The van der Waals surface area contributed by atoms with Gasteiger partial charge in [-0.2, -0.15) is 0 Å². The van der Waals surface area contributed by atoms with Gasteiger partial charge in [-0.15, -0.1) is 0 Å². The first-order chi connectivity index (χ1) is 7.97. The smallest absolute Gasteiger partial charge is 0.125 e. The Kier molecular flexibility index (Phi) is 3.17. The van der Waals surface area contributed by atoms with E-state index in [9.17, 15) is 5.11 Å². The molecule has 0 atom stereocenters. The van der Waals surface area contributed by atoms with Crippen LogP contribution in [0, 0.1) is 6.92 Å². The van der Waals surface area contributed by atoms with Gasteiger partial charge in [-0.3, -0.25) is 0 Å². The van der Waals surface area contributed by atoms with Gasteiger partial charge in [-0.1, -0.05) is 26.0 Å². The fraction of sp³-hybridized carbons (Fsp3) is 0.600. The van der Waals surface area contributed by atoms with Crippen molar-refractivity contribution in [3.05, 3.63) is 28.8 Å². The first-order valence-corrected chi connectivity index (χ1v) is 6.35. The van der Waals surface area contributed by atoms with Gasteiger partial charge < -0.3 is 9.84 Å². The first kappa shape index (κ1) is 12.4. The van der Waals surface area contributed by atoms with Gasteiger partial charge in [0.25, 0.3) is 0 Å². The molecule has 2 nitrogen and oxygen atoms in total. The SMILES string of the molecule is COc1c(C)ccc(C(C)C)c1CC1(O)CC1. The highest BCUT2D eigenvalue weighted by molar-refractivity contribution is 5.48. The molecule has 94 valence electrons. The van der Waals surface area contributed by atoms with Gasteiger partial charge in [-0.05, 0) is 36.8 Å². The maximum Gasteiger partial charge on any atom is 0.125 e. The van der Waals surface area contributed by atoms with Crippen LogP contribution in [0.1, 0.15) is 49.3 Å². The number of hydrogen-bond donors (Lipinski definition) is 1. The zero-order chi connectivity index (χ0) is 12.6. The van der Waals surface area contributed by atoms with Crippen molar-refractivity contribution in [2.24, 2.45) is 0 Å². The maximum atomic E-state index is 10.1. The first-order valence-electron chi connectivity index (χ1n) is 6.35. The van der Waals surface area contributed by atoms with Crippen molar-refractivity contribution in [1.82, 2.24) is 0 Å². The minimum Gasteiger partial charge on any atom is -0.496 e. The van der Waals surface area contributed by atoms with Gasteiger partial charge in [-0.25, -0.2) is 0 Å². The van der Waals surface area contributed by atoms with Crippen LogP contribution in [0.15, 0.2) is 12.1 Å². The molecule has 2 rings (SSSR count). The molecule has 0 spiro atoms. The van der Waals surface area contributed by atoms with Crippen LogP contribution in [0.4, 0.5) is 0 Å². The van der Waals surface area contributed by atoms with E-state index in [1.807, 2.05) is 0 Å². The largest absolute Gasteiger partial charge is 0.496 e. The monoisotopic (exact) mass is 234 g/mol. The van der Waals surface area contributed by atoms with Gasteiger partial charge in [0.15, 0.2) is 0 Å². The molecule has 1 N–H and O–H groups in total. The van der Waals surface area contributed by atoms with Crippen molar-refractivity contribution in [2.75, 3.05) is 7.11 Å². The molecule has 0 unspecified atom stereocenters. The summed E-state index contributed by atoms with van der Waals surface area (Å²) < 4.78 is 5.53. The van der Waals surface area contributed by atoms with E-state index in [1.54, 1.807) is 7.11 Å². The molecule has 0 bridgehead atoms. The van der Waals surface area contributed by atoms with Crippen molar-refractivity contribution in [3.8, 4) is 5.75 Å². The molecule has 1 aromatic rings. The Bertz CT molecular complexity index is 417. The summed E-state index contributed by atoms with van der Waals surface area (Å²) in [5, 5.41) is 10.1. The van der Waals surface area contributed by atoms with Crippen LogP contribution in [-0.4, -0.2) is 17.8 Å². The molecule has 1 aliphatic carbocycles. The van der Waals surface area contributed by atoms with Crippen LogP contribution in [-0.2, 0) is 6.42 Å². The molecule has 0 aliphatic heterocycles. The summed E-state index contributed by atoms with van der Waals surface area (Å²) in [4.78, 5) is 0. The van der Waals surface area contributed by atoms with Gasteiger partial charge in [0.1, 0.15) is 5.75 Å². The molecule has 1 saturated carbocycles. The lowest BCUT2D eigenvalue weighted by molar-refractivity contribution is 0.149. The second-order valence-electron chi connectivity index (χ2n) is 5.54. The average Bonchev–Trinajstić information content (AvgIpc) is 2.96. The predicted molar refractivity (Wildman–Crippen MR) is 69.7 cm³/mol. The van der Waals surface area contributed by atoms with Crippen LogP contribution >= 0.6 is 0 Å². The summed E-state index contributed by atoms with van der Waals surface area (Å²) in [6, 6.07) is 4.28. The molecule has 0 heterocycles. The van der Waals surface area contributed by atoms with E-state index in [0.29, 0.717) is 5.92 Å². The highest BCUT2D eigenvalue weighted by Gasteiger charge is 2.41. The Morgan fingerprint density at radius 1 is 1.35 bits per heavy atom. The summed E-state index contributed by atoms with van der Waals surface area (Å²) in [6.07, 6.45) is 2.56. The zero-order valence-electron chi connectivity index (χ0n) is 11.2. The summed E-state index contributed by atoms with van der Waals surface area (Å²) in [5.74, 6) is 1.42. The van der Waals surface area contributed by atoms with E-state index in [4.69, 9.17) is 4.74 Å². The lowest BCUT2D eigenvalue weighted by atomic mass is 9.90. The number of ether oxygens (including phenoxy) is 1. The molecule has 1 aliphatic rings. The third-order valence-electron chi connectivity index (χ3n) is 3.65. The second-order valence-corrected chi connectivity index (χ2v) is 5.54. The summed E-state index contributed by atoms with van der Waals surface area (Å²) in [5.41, 5.74) is 3.18. The molecular weight excluding hydrogens is 212 g/mol. The Hall–Kier alpha value is -1.02. The Morgan fingerprint density at radius 2 is 2.00 bits per heavy atom. The summed E-state index contributed by atoms with van der Waals surface area (Å²) in [7, 11) is 1.72. The van der Waals surface area contributed by atoms with Crippen LogP contribution in [0.25, 0.3) is 0 Å². The number of rotatable bonds is 4. The molecule has 0 aromatic heterocycles. The lowest BCUT2D eigenvalue weighted by Crippen LogP contribution is -2.14. The summed E-state index contributed by atoms with van der Waals surface area (Å²) >= 11 is 0. The number of aliphatic hydroxyl groups is 1. The molecule has 17 heavy (non-hydrogen) atoms. The van der Waals surface area contributed by atoms with Gasteiger partial charge in [0.2, 0.25) is 0 Å². The Morgan fingerprint density at radius 3 is 2.47 bits per heavy atom. The Balaban J connectivity index is 2.46. The van der Waals surface area contributed by atoms with Crippen LogP contribution in [0.3, 0.4) is 0 Å². The normalized spacial score (nSPS) is 17.3. The quantitative estimate of drug-likeness (QED) is 0.867. The minimum absolute atomic E-state index is 0.460. The van der Waals surface area contributed by atoms with Crippen molar-refractivity contribution >= 4 is 0 Å². The molecular formula is C15H22O2. The van der Waals surface area contributed by atoms with E-state index < -0.39 is 5.60 Å². The highest BCUT2D eigenvalue weighted by Crippen LogP contribution is 2.42. The predicted octanol–water partition coefficient (Wildman–Crippen LogP) is 3.19. The standard InChI is InChI=1S/C15H22O2/c1-10(2)12-6-5-11(3)14(17-4)13(12)9-15(16)7-8-15/h5-6,10,16H,7-9H2,1-4H3. The minimum atomic E-state index is -0.468. The molecule has 1 aromatic carbocycles. The number of benzene rings is 1. The van der Waals surface area contributed by atoms with Crippen molar-refractivity contribution in [1.29, 1.82) is 0 Å². The molecule has 1 fully saturated rings.